The van der Waals surface area contributed by atoms with E-state index in [1.807, 2.05) is 12.3 Å². The van der Waals surface area contributed by atoms with E-state index in [1.54, 1.807) is 0 Å². The van der Waals surface area contributed by atoms with E-state index in [-0.39, 0.29) is 6.04 Å². The first kappa shape index (κ1) is 29.7. The lowest BCUT2D eigenvalue weighted by Gasteiger charge is -2.22. The van der Waals surface area contributed by atoms with Crippen LogP contribution in [0.25, 0.3) is 56.7 Å². The van der Waals surface area contributed by atoms with E-state index >= 15 is 0 Å². The van der Waals surface area contributed by atoms with E-state index < -0.39 is 0 Å². The minimum atomic E-state index is 0.178. The van der Waals surface area contributed by atoms with Crippen LogP contribution in [0.4, 0.5) is 5.69 Å². The van der Waals surface area contributed by atoms with Gasteiger partial charge in [0.05, 0.1) is 28.1 Å². The van der Waals surface area contributed by atoms with Crippen molar-refractivity contribution in [2.24, 2.45) is 5.73 Å². The third-order valence-corrected chi connectivity index (χ3v) is 9.84. The molecule has 0 amide bonds. The lowest BCUT2D eigenvalue weighted by molar-refractivity contribution is 0.718. The average Bonchev–Trinajstić information content (AvgIpc) is 3.70. The van der Waals surface area contributed by atoms with Crippen molar-refractivity contribution < 1.29 is 0 Å². The number of hydrogen-bond acceptors (Lipinski definition) is 4. The Balaban J connectivity index is 0.910. The van der Waals surface area contributed by atoms with Crippen molar-refractivity contribution in [1.82, 2.24) is 19.8 Å². The molecule has 6 heteroatoms. The molecule has 0 bridgehead atoms. The topological polar surface area (TPSA) is 72.0 Å². The number of dihydropyridines is 1. The molecule has 244 valence electrons. The van der Waals surface area contributed by atoms with E-state index in [1.165, 1.54) is 38.8 Å². The van der Waals surface area contributed by atoms with Crippen LogP contribution in [-0.2, 0) is 6.54 Å². The molecule has 9 rings (SSSR count). The summed E-state index contributed by atoms with van der Waals surface area (Å²) in [5, 5.41) is 13.2. The van der Waals surface area contributed by atoms with Gasteiger partial charge < -0.3 is 30.8 Å². The van der Waals surface area contributed by atoms with Crippen LogP contribution in [0, 0.1) is 0 Å². The van der Waals surface area contributed by atoms with Gasteiger partial charge in [-0.1, -0.05) is 91.0 Å². The van der Waals surface area contributed by atoms with E-state index in [0.29, 0.717) is 0 Å². The molecule has 5 N–H and O–H groups in total. The zero-order valence-corrected chi connectivity index (χ0v) is 27.7. The molecule has 0 saturated heterocycles. The third-order valence-electron chi connectivity index (χ3n) is 9.84. The predicted octanol–water partition coefficient (Wildman–Crippen LogP) is 8.90. The van der Waals surface area contributed by atoms with Gasteiger partial charge >= 0.3 is 0 Å². The lowest BCUT2D eigenvalue weighted by atomic mass is 10.0. The first-order chi connectivity index (χ1) is 24.7. The minimum Gasteiger partial charge on any atom is -0.398 e. The van der Waals surface area contributed by atoms with Gasteiger partial charge in [0.15, 0.2) is 0 Å². The molecule has 0 radical (unpaired) electrons. The SMILES string of the molecule is N/C(=C\C=C/CC1C=CC=C(c2cccc(-n3c4c(c5ccccc53)CNC=C4)c2)N1)c1cccc(-n2c3c(c4ccccc42)NCC=C3)c1. The molecular formula is C44H38N6. The maximum atomic E-state index is 6.64. The Bertz CT molecular complexity index is 2460. The van der Waals surface area contributed by atoms with Crippen molar-refractivity contribution in [2.45, 2.75) is 19.0 Å². The highest BCUT2D eigenvalue weighted by atomic mass is 15.0. The molecule has 5 heterocycles. The highest BCUT2D eigenvalue weighted by molar-refractivity contribution is 6.00. The molecule has 0 fully saturated rings. The van der Waals surface area contributed by atoms with E-state index in [9.17, 15) is 0 Å². The van der Waals surface area contributed by atoms with Crippen LogP contribution in [0.1, 0.15) is 34.5 Å². The van der Waals surface area contributed by atoms with Crippen LogP contribution in [0.3, 0.4) is 0 Å². The summed E-state index contributed by atoms with van der Waals surface area (Å²) in [5.41, 5.74) is 20.2. The van der Waals surface area contributed by atoms with Crippen LogP contribution in [-0.4, -0.2) is 21.7 Å². The van der Waals surface area contributed by atoms with E-state index in [2.05, 4.69) is 171 Å². The van der Waals surface area contributed by atoms with Crippen molar-refractivity contribution in [3.8, 4) is 11.4 Å². The average molecular weight is 651 g/mol. The number of nitrogens with zero attached hydrogens (tertiary/aromatic N) is 2. The summed E-state index contributed by atoms with van der Waals surface area (Å²) >= 11 is 0. The van der Waals surface area contributed by atoms with E-state index in [4.69, 9.17) is 5.73 Å². The smallest absolute Gasteiger partial charge is 0.0698 e. The summed E-state index contributed by atoms with van der Waals surface area (Å²) in [5.74, 6) is 0. The Morgan fingerprint density at radius 3 is 2.50 bits per heavy atom. The molecule has 3 aliphatic heterocycles. The number of nitrogens with two attached hydrogens (primary N) is 1. The van der Waals surface area contributed by atoms with Crippen molar-refractivity contribution in [3.63, 3.8) is 0 Å². The molecule has 1 unspecified atom stereocenters. The minimum absolute atomic E-state index is 0.178. The molecule has 3 aliphatic rings. The van der Waals surface area contributed by atoms with Crippen LogP contribution >= 0.6 is 0 Å². The molecule has 0 spiro atoms. The Morgan fingerprint density at radius 1 is 0.820 bits per heavy atom. The first-order valence-corrected chi connectivity index (χ1v) is 17.3. The van der Waals surface area contributed by atoms with Gasteiger partial charge in [0.1, 0.15) is 0 Å². The van der Waals surface area contributed by atoms with Crippen molar-refractivity contribution in [2.75, 3.05) is 11.9 Å². The lowest BCUT2D eigenvalue weighted by Crippen LogP contribution is -2.27. The zero-order valence-electron chi connectivity index (χ0n) is 27.7. The summed E-state index contributed by atoms with van der Waals surface area (Å²) in [7, 11) is 0. The number of rotatable bonds is 7. The van der Waals surface area contributed by atoms with Gasteiger partial charge in [-0.05, 0) is 84.4 Å². The largest absolute Gasteiger partial charge is 0.398 e. The number of hydrogen-bond donors (Lipinski definition) is 4. The standard InChI is InChI=1S/C44H38N6/c45-38(30-11-7-15-33(27-30)50-41-22-6-3-18-36(41)44-43(50)23-10-25-47-44)19-4-1-13-32-14-9-20-39(48-32)31-12-8-16-34(28-31)49-40-21-5-2-17-35(40)37-29-46-26-24-42(37)49/h1-12,14-24,26-28,32,46-48H,13,25,29,45H2/b4-1-,38-19-. The van der Waals surface area contributed by atoms with Crippen LogP contribution < -0.4 is 21.7 Å². The number of aromatic nitrogens is 2. The Kier molecular flexibility index (Phi) is 7.47. The van der Waals surface area contributed by atoms with Crippen LogP contribution in [0.15, 0.2) is 146 Å². The summed E-state index contributed by atoms with van der Waals surface area (Å²) in [6, 6.07) is 34.7. The molecule has 0 saturated carbocycles. The second kappa shape index (κ2) is 12.6. The second-order valence-corrected chi connectivity index (χ2v) is 12.9. The number of nitrogens with one attached hydrogen (secondary N) is 3. The zero-order chi connectivity index (χ0) is 33.4. The molecule has 50 heavy (non-hydrogen) atoms. The third kappa shape index (κ3) is 5.22. The van der Waals surface area contributed by atoms with Gasteiger partial charge in [-0.15, -0.1) is 0 Å². The normalized spacial score (nSPS) is 16.6. The monoisotopic (exact) mass is 650 g/mol. The fourth-order valence-corrected chi connectivity index (χ4v) is 7.51. The molecule has 1 atom stereocenters. The van der Waals surface area contributed by atoms with Gasteiger partial charge in [-0.25, -0.2) is 0 Å². The number of allylic oxidation sites excluding steroid dienone is 4. The van der Waals surface area contributed by atoms with Gasteiger partial charge in [0, 0.05) is 58.2 Å². The molecule has 0 aliphatic carbocycles. The number of anilines is 1. The van der Waals surface area contributed by atoms with Crippen molar-refractivity contribution >= 4 is 51.0 Å². The molecule has 6 nitrogen and oxygen atoms in total. The Hall–Kier alpha value is -6.40. The maximum Gasteiger partial charge on any atom is 0.0698 e. The van der Waals surface area contributed by atoms with Crippen LogP contribution in [0.5, 0.6) is 0 Å². The van der Waals surface area contributed by atoms with E-state index in [0.717, 1.165) is 59.1 Å². The van der Waals surface area contributed by atoms with Gasteiger partial charge in [-0.2, -0.15) is 0 Å². The fraction of sp³-hybridized carbons (Fsp3) is 0.0909. The van der Waals surface area contributed by atoms with Gasteiger partial charge in [0.2, 0.25) is 0 Å². The number of para-hydroxylation sites is 2. The van der Waals surface area contributed by atoms with Gasteiger partial charge in [0.25, 0.3) is 0 Å². The molecule has 2 aromatic heterocycles. The molecule has 4 aromatic carbocycles. The summed E-state index contributed by atoms with van der Waals surface area (Å²) in [4.78, 5) is 0. The predicted molar refractivity (Wildman–Crippen MR) is 210 cm³/mol. The summed E-state index contributed by atoms with van der Waals surface area (Å²) in [6.45, 7) is 1.67. The summed E-state index contributed by atoms with van der Waals surface area (Å²) in [6.07, 6.45) is 22.2. The Morgan fingerprint density at radius 2 is 1.60 bits per heavy atom. The highest BCUT2D eigenvalue weighted by Gasteiger charge is 2.20. The quantitative estimate of drug-likeness (QED) is 0.130. The van der Waals surface area contributed by atoms with Crippen molar-refractivity contribution in [3.05, 3.63) is 174 Å². The molecule has 6 aromatic rings. The summed E-state index contributed by atoms with van der Waals surface area (Å²) < 4.78 is 4.69. The maximum absolute atomic E-state index is 6.64. The number of fused-ring (bicyclic) bond motifs is 6. The first-order valence-electron chi connectivity index (χ1n) is 17.3. The highest BCUT2D eigenvalue weighted by Crippen LogP contribution is 2.37. The van der Waals surface area contributed by atoms with Crippen molar-refractivity contribution in [1.29, 1.82) is 0 Å². The molecular weight excluding hydrogens is 613 g/mol. The van der Waals surface area contributed by atoms with Crippen LogP contribution in [0.2, 0.25) is 0 Å². The Labute approximate surface area is 291 Å². The second-order valence-electron chi connectivity index (χ2n) is 12.9. The fourth-order valence-electron chi connectivity index (χ4n) is 7.51. The number of benzene rings is 4. The van der Waals surface area contributed by atoms with Gasteiger partial charge in [-0.3, -0.25) is 0 Å².